The van der Waals surface area contributed by atoms with Gasteiger partial charge in [-0.2, -0.15) is 0 Å². The van der Waals surface area contributed by atoms with Gasteiger partial charge in [-0.3, -0.25) is 0 Å². The van der Waals surface area contributed by atoms with Gasteiger partial charge in [0.1, 0.15) is 28.6 Å². The molecule has 3 saturated heterocycles. The van der Waals surface area contributed by atoms with Crippen LogP contribution in [0.1, 0.15) is 27.7 Å². The van der Waals surface area contributed by atoms with Crippen molar-refractivity contribution < 1.29 is 33.2 Å². The number of halogens is 1. The van der Waals surface area contributed by atoms with Crippen LogP contribution in [0, 0.1) is 0 Å². The highest BCUT2D eigenvalue weighted by molar-refractivity contribution is 9.12. The van der Waals surface area contributed by atoms with Gasteiger partial charge < -0.3 is 28.4 Å². The maximum Gasteiger partial charge on any atom is 0.348 e. The van der Waals surface area contributed by atoms with Gasteiger partial charge >= 0.3 is 5.97 Å². The zero-order valence-electron chi connectivity index (χ0n) is 13.8. The van der Waals surface area contributed by atoms with E-state index in [4.69, 9.17) is 28.4 Å². The maximum atomic E-state index is 11.9. The minimum Gasteiger partial charge on any atom is -0.485 e. The molecule has 7 nitrogen and oxygen atoms in total. The molecule has 3 rings (SSSR count). The van der Waals surface area contributed by atoms with Crippen LogP contribution >= 0.6 is 15.9 Å². The van der Waals surface area contributed by atoms with Gasteiger partial charge in [0.2, 0.25) is 0 Å². The highest BCUT2D eigenvalue weighted by Gasteiger charge is 2.58. The van der Waals surface area contributed by atoms with Crippen molar-refractivity contribution in [3.05, 3.63) is 10.2 Å². The Labute approximate surface area is 143 Å². The Kier molecular flexibility index (Phi) is 4.25. The number of ether oxygens (including phenoxy) is 6. The van der Waals surface area contributed by atoms with Crippen LogP contribution in [0.4, 0.5) is 0 Å². The molecular weight excluding hydrogens is 372 g/mol. The highest BCUT2D eigenvalue weighted by atomic mass is 79.9. The molecule has 0 amide bonds. The molecule has 3 heterocycles. The summed E-state index contributed by atoms with van der Waals surface area (Å²) in [5.74, 6) is -1.73. The molecule has 0 unspecified atom stereocenters. The van der Waals surface area contributed by atoms with Gasteiger partial charge in [0, 0.05) is 0 Å². The van der Waals surface area contributed by atoms with Crippen LogP contribution in [-0.2, 0) is 33.2 Å². The Balaban J connectivity index is 1.97. The number of hydrogen-bond acceptors (Lipinski definition) is 7. The van der Waals surface area contributed by atoms with Crippen molar-refractivity contribution in [1.82, 2.24) is 0 Å². The summed E-state index contributed by atoms with van der Waals surface area (Å²) in [7, 11) is 1.30. The summed E-state index contributed by atoms with van der Waals surface area (Å²) in [5, 5.41) is 0. The standard InChI is InChI=1S/C15H21BrO7/c1-14(2)19-6-7-9(21-14)11-12(23-15(3,4)22-11)10(20-7)8(16)13(17)18-5/h7,9,11-12H,6H2,1-5H3/b10-8+/t7-,9-,11+,12-/m1/s1. The lowest BCUT2D eigenvalue weighted by Crippen LogP contribution is -2.60. The van der Waals surface area contributed by atoms with Crippen LogP contribution in [0.2, 0.25) is 0 Å². The van der Waals surface area contributed by atoms with E-state index in [2.05, 4.69) is 15.9 Å². The van der Waals surface area contributed by atoms with Gasteiger partial charge in [0.05, 0.1) is 13.7 Å². The number of carbonyl (C=O) groups is 1. The summed E-state index contributed by atoms with van der Waals surface area (Å²) < 4.78 is 34.5. The lowest BCUT2D eigenvalue weighted by atomic mass is 9.96. The third kappa shape index (κ3) is 3.15. The second-order valence-corrected chi connectivity index (χ2v) is 7.43. The molecule has 0 spiro atoms. The molecule has 8 heteroatoms. The van der Waals surface area contributed by atoms with Gasteiger partial charge in [-0.25, -0.2) is 4.79 Å². The van der Waals surface area contributed by atoms with Gasteiger partial charge in [-0.1, -0.05) is 0 Å². The predicted molar refractivity (Wildman–Crippen MR) is 81.6 cm³/mol. The molecule has 0 saturated carbocycles. The van der Waals surface area contributed by atoms with Crippen molar-refractivity contribution in [1.29, 1.82) is 0 Å². The largest absolute Gasteiger partial charge is 0.485 e. The molecular formula is C15H21BrO7. The average Bonchev–Trinajstić information content (AvgIpc) is 2.80. The van der Waals surface area contributed by atoms with E-state index in [0.29, 0.717) is 12.4 Å². The molecule has 3 fully saturated rings. The number of carbonyl (C=O) groups excluding carboxylic acids is 1. The molecule has 0 N–H and O–H groups in total. The summed E-state index contributed by atoms with van der Waals surface area (Å²) in [5.41, 5.74) is 0. The summed E-state index contributed by atoms with van der Waals surface area (Å²) in [6.07, 6.45) is -1.71. The van der Waals surface area contributed by atoms with E-state index in [-0.39, 0.29) is 10.6 Å². The van der Waals surface area contributed by atoms with Crippen molar-refractivity contribution in [2.45, 2.75) is 63.7 Å². The normalized spacial score (nSPS) is 39.7. The fraction of sp³-hybridized carbons (Fsp3) is 0.800. The second kappa shape index (κ2) is 5.70. The monoisotopic (exact) mass is 392 g/mol. The zero-order valence-corrected chi connectivity index (χ0v) is 15.3. The Morgan fingerprint density at radius 1 is 1.13 bits per heavy atom. The van der Waals surface area contributed by atoms with Crippen molar-refractivity contribution in [3.8, 4) is 0 Å². The Morgan fingerprint density at radius 3 is 2.43 bits per heavy atom. The molecule has 3 aliphatic heterocycles. The quantitative estimate of drug-likeness (QED) is 0.497. The first-order chi connectivity index (χ1) is 10.6. The first-order valence-corrected chi connectivity index (χ1v) is 8.25. The van der Waals surface area contributed by atoms with Crippen LogP contribution in [-0.4, -0.2) is 55.7 Å². The van der Waals surface area contributed by atoms with Gasteiger partial charge in [-0.15, -0.1) is 0 Å². The van der Waals surface area contributed by atoms with Gasteiger partial charge in [-0.05, 0) is 43.6 Å². The molecule has 23 heavy (non-hydrogen) atoms. The molecule has 0 aromatic heterocycles. The highest BCUT2D eigenvalue weighted by Crippen LogP contribution is 2.44. The molecule has 0 radical (unpaired) electrons. The molecule has 0 aromatic carbocycles. The molecule has 0 bridgehead atoms. The van der Waals surface area contributed by atoms with Crippen molar-refractivity contribution in [3.63, 3.8) is 0 Å². The number of fused-ring (bicyclic) bond motifs is 3. The van der Waals surface area contributed by atoms with Crippen LogP contribution < -0.4 is 0 Å². The van der Waals surface area contributed by atoms with E-state index in [9.17, 15) is 4.79 Å². The Morgan fingerprint density at radius 2 is 1.78 bits per heavy atom. The average molecular weight is 393 g/mol. The minimum atomic E-state index is -0.811. The van der Waals surface area contributed by atoms with Crippen molar-refractivity contribution in [2.24, 2.45) is 0 Å². The fourth-order valence-corrected chi connectivity index (χ4v) is 3.51. The van der Waals surface area contributed by atoms with E-state index in [0.717, 1.165) is 0 Å². The number of rotatable bonds is 1. The van der Waals surface area contributed by atoms with Crippen molar-refractivity contribution >= 4 is 21.9 Å². The van der Waals surface area contributed by atoms with E-state index >= 15 is 0 Å². The zero-order chi connectivity index (χ0) is 17.0. The third-order valence-electron chi connectivity index (χ3n) is 3.95. The van der Waals surface area contributed by atoms with Crippen LogP contribution in [0.5, 0.6) is 0 Å². The summed E-state index contributed by atoms with van der Waals surface area (Å²) in [4.78, 5) is 11.9. The summed E-state index contributed by atoms with van der Waals surface area (Å²) >= 11 is 3.24. The topological polar surface area (TPSA) is 72.5 Å². The Bertz CT molecular complexity index is 542. The summed E-state index contributed by atoms with van der Waals surface area (Å²) in [6.45, 7) is 7.64. The van der Waals surface area contributed by atoms with Crippen LogP contribution in [0.15, 0.2) is 10.2 Å². The van der Waals surface area contributed by atoms with Crippen LogP contribution in [0.25, 0.3) is 0 Å². The molecule has 0 aliphatic carbocycles. The van der Waals surface area contributed by atoms with E-state index < -0.39 is 35.9 Å². The van der Waals surface area contributed by atoms with Crippen LogP contribution in [0.3, 0.4) is 0 Å². The first-order valence-electron chi connectivity index (χ1n) is 7.45. The van der Waals surface area contributed by atoms with Crippen molar-refractivity contribution in [2.75, 3.05) is 13.7 Å². The predicted octanol–water partition coefficient (Wildman–Crippen LogP) is 1.84. The molecule has 0 aromatic rings. The van der Waals surface area contributed by atoms with E-state index in [1.807, 2.05) is 27.7 Å². The fourth-order valence-electron chi connectivity index (χ4n) is 3.02. The van der Waals surface area contributed by atoms with E-state index in [1.165, 1.54) is 7.11 Å². The first kappa shape index (κ1) is 17.2. The second-order valence-electron chi connectivity index (χ2n) is 6.64. The van der Waals surface area contributed by atoms with Gasteiger partial charge in [0.15, 0.2) is 17.7 Å². The molecule has 4 atom stereocenters. The molecule has 3 aliphatic rings. The number of esters is 1. The lowest BCUT2D eigenvalue weighted by molar-refractivity contribution is -0.332. The number of methoxy groups -OCH3 is 1. The van der Waals surface area contributed by atoms with Gasteiger partial charge in [0.25, 0.3) is 0 Å². The summed E-state index contributed by atoms with van der Waals surface area (Å²) in [6, 6.07) is 0. The smallest absolute Gasteiger partial charge is 0.348 e. The SMILES string of the molecule is COC(=O)/C(Br)=C1\O[C@@H]2COC(C)(C)O[C@H]2[C@@H]2OC(C)(C)O[C@H]12. The maximum absolute atomic E-state index is 11.9. The Hall–Kier alpha value is -0.670. The molecule has 130 valence electrons. The third-order valence-corrected chi connectivity index (χ3v) is 4.67. The number of hydrogen-bond donors (Lipinski definition) is 0. The minimum absolute atomic E-state index is 0.180. The van der Waals surface area contributed by atoms with E-state index in [1.54, 1.807) is 0 Å². The lowest BCUT2D eigenvalue weighted by Gasteiger charge is -2.47.